The number of aryl methyl sites for hydroxylation is 1. The van der Waals surface area contributed by atoms with Crippen molar-refractivity contribution in [3.63, 3.8) is 0 Å². The van der Waals surface area contributed by atoms with Crippen molar-refractivity contribution in [1.29, 1.82) is 0 Å². The topological polar surface area (TPSA) is 75.8 Å². The molecule has 0 saturated carbocycles. The molecule has 3 aromatic carbocycles. The summed E-state index contributed by atoms with van der Waals surface area (Å²) in [6.45, 7) is 8.98. The minimum absolute atomic E-state index is 0.0879. The number of rotatable bonds is 9. The highest BCUT2D eigenvalue weighted by Gasteiger charge is 2.24. The highest BCUT2D eigenvalue weighted by molar-refractivity contribution is 6.39. The van der Waals surface area contributed by atoms with Crippen LogP contribution in [0.3, 0.4) is 0 Å². The van der Waals surface area contributed by atoms with Crippen LogP contribution in [0.5, 0.6) is 5.75 Å². The Kier molecular flexibility index (Phi) is 8.10. The van der Waals surface area contributed by atoms with Gasteiger partial charge in [-0.05, 0) is 67.9 Å². The molecular weight excluding hydrogens is 511 g/mol. The van der Waals surface area contributed by atoms with Crippen LogP contribution in [-0.4, -0.2) is 22.8 Å². The molecule has 1 N–H and O–H groups in total. The molecule has 1 aromatic heterocycles. The molecule has 4 rings (SSSR count). The third-order valence-corrected chi connectivity index (χ3v) is 6.74. The van der Waals surface area contributed by atoms with Crippen molar-refractivity contribution in [2.45, 2.75) is 40.2 Å². The number of carboxylic acids is 1. The quantitative estimate of drug-likeness (QED) is 0.230. The van der Waals surface area contributed by atoms with E-state index in [4.69, 9.17) is 32.5 Å². The van der Waals surface area contributed by atoms with Gasteiger partial charge in [0, 0.05) is 29.4 Å². The fourth-order valence-electron chi connectivity index (χ4n) is 4.31. The fraction of sp³-hybridized carbons (Fsp3) is 0.241. The highest BCUT2D eigenvalue weighted by atomic mass is 35.5. The van der Waals surface area contributed by atoms with Crippen molar-refractivity contribution in [3.05, 3.63) is 93.2 Å². The molecule has 192 valence electrons. The van der Waals surface area contributed by atoms with E-state index in [1.165, 1.54) is 0 Å². The molecule has 1 heterocycles. The molecule has 0 amide bonds. The Labute approximate surface area is 226 Å². The summed E-state index contributed by atoms with van der Waals surface area (Å²) < 4.78 is 11.9. The predicted molar refractivity (Wildman–Crippen MR) is 148 cm³/mol. The Morgan fingerprint density at radius 3 is 2.41 bits per heavy atom. The van der Waals surface area contributed by atoms with Crippen molar-refractivity contribution in [2.24, 2.45) is 0 Å². The number of anilines is 2. The minimum Gasteiger partial charge on any atom is -0.489 e. The first-order chi connectivity index (χ1) is 17.7. The van der Waals surface area contributed by atoms with Crippen LogP contribution in [0, 0.1) is 6.92 Å². The summed E-state index contributed by atoms with van der Waals surface area (Å²) in [5.41, 5.74) is 5.01. The summed E-state index contributed by atoms with van der Waals surface area (Å²) in [7, 11) is 0. The Bertz CT molecular complexity index is 1410. The van der Waals surface area contributed by atoms with Gasteiger partial charge in [-0.2, -0.15) is 0 Å². The molecule has 0 aliphatic carbocycles. The third kappa shape index (κ3) is 5.60. The van der Waals surface area contributed by atoms with E-state index in [0.29, 0.717) is 33.6 Å². The van der Waals surface area contributed by atoms with Gasteiger partial charge in [0.2, 0.25) is 0 Å². The second-order valence-electron chi connectivity index (χ2n) is 8.96. The molecule has 8 heteroatoms. The zero-order valence-electron chi connectivity index (χ0n) is 21.1. The van der Waals surface area contributed by atoms with E-state index in [0.717, 1.165) is 28.3 Å². The van der Waals surface area contributed by atoms with Gasteiger partial charge in [0.25, 0.3) is 0 Å². The van der Waals surface area contributed by atoms with Gasteiger partial charge in [0.05, 0.1) is 21.2 Å². The molecule has 6 nitrogen and oxygen atoms in total. The average Bonchev–Trinajstić information content (AvgIpc) is 3.28. The van der Waals surface area contributed by atoms with Gasteiger partial charge in [-0.1, -0.05) is 54.3 Å². The van der Waals surface area contributed by atoms with Crippen molar-refractivity contribution in [1.82, 2.24) is 5.16 Å². The van der Waals surface area contributed by atoms with Crippen LogP contribution in [0.1, 0.15) is 53.9 Å². The molecule has 0 atom stereocenters. The number of benzene rings is 3. The second kappa shape index (κ2) is 11.3. The average molecular weight is 539 g/mol. The van der Waals surface area contributed by atoms with Crippen LogP contribution in [0.25, 0.3) is 11.3 Å². The van der Waals surface area contributed by atoms with Crippen molar-refractivity contribution in [2.75, 3.05) is 11.4 Å². The number of aromatic nitrogens is 1. The lowest BCUT2D eigenvalue weighted by molar-refractivity contribution is 0.0697. The molecule has 4 aromatic rings. The third-order valence-electron chi connectivity index (χ3n) is 6.11. The summed E-state index contributed by atoms with van der Waals surface area (Å²) in [5.74, 6) is 0.536. The first kappa shape index (κ1) is 26.6. The van der Waals surface area contributed by atoms with Crippen LogP contribution >= 0.6 is 23.2 Å². The Morgan fingerprint density at radius 1 is 1.08 bits per heavy atom. The minimum atomic E-state index is -0.953. The van der Waals surface area contributed by atoms with Gasteiger partial charge < -0.3 is 19.3 Å². The summed E-state index contributed by atoms with van der Waals surface area (Å²) in [4.78, 5) is 13.5. The number of ether oxygens (including phenoxy) is 1. The first-order valence-electron chi connectivity index (χ1n) is 12.0. The van der Waals surface area contributed by atoms with Crippen LogP contribution in [0.2, 0.25) is 10.0 Å². The molecule has 37 heavy (non-hydrogen) atoms. The lowest BCUT2D eigenvalue weighted by Gasteiger charge is -2.26. The van der Waals surface area contributed by atoms with E-state index >= 15 is 0 Å². The lowest BCUT2D eigenvalue weighted by Crippen LogP contribution is -2.17. The summed E-state index contributed by atoms with van der Waals surface area (Å²) >= 11 is 12.9. The number of carbonyl (C=O) groups is 1. The van der Waals surface area contributed by atoms with Crippen LogP contribution in [0.4, 0.5) is 11.4 Å². The number of halogens is 2. The summed E-state index contributed by atoms with van der Waals surface area (Å²) in [5, 5.41) is 14.6. The molecule has 0 unspecified atom stereocenters. The van der Waals surface area contributed by atoms with E-state index in [9.17, 15) is 9.90 Å². The molecule has 0 spiro atoms. The van der Waals surface area contributed by atoms with Gasteiger partial charge >= 0.3 is 5.97 Å². The zero-order chi connectivity index (χ0) is 26.7. The SMILES string of the molecule is CCN(c1cccc(C(=O)O)c1)c1ccc(OCc2c(-c3c(Cl)cccc3Cl)noc2C(C)C)cc1C. The number of hydrogen-bond acceptors (Lipinski definition) is 5. The molecule has 0 aliphatic heterocycles. The molecule has 0 bridgehead atoms. The Morgan fingerprint density at radius 2 is 1.78 bits per heavy atom. The lowest BCUT2D eigenvalue weighted by atomic mass is 10.0. The Balaban J connectivity index is 1.62. The Hall–Kier alpha value is -3.48. The molecule has 0 aliphatic rings. The van der Waals surface area contributed by atoms with E-state index < -0.39 is 5.97 Å². The van der Waals surface area contributed by atoms with Gasteiger partial charge in [0.1, 0.15) is 23.8 Å². The number of aromatic carboxylic acids is 1. The molecule has 0 radical (unpaired) electrons. The van der Waals surface area contributed by atoms with E-state index in [1.807, 2.05) is 52.0 Å². The number of hydrogen-bond donors (Lipinski definition) is 1. The van der Waals surface area contributed by atoms with Crippen LogP contribution in [0.15, 0.2) is 65.2 Å². The summed E-state index contributed by atoms with van der Waals surface area (Å²) in [6.07, 6.45) is 0. The van der Waals surface area contributed by atoms with Crippen molar-refractivity contribution < 1.29 is 19.2 Å². The number of nitrogens with zero attached hydrogens (tertiary/aromatic N) is 2. The van der Waals surface area contributed by atoms with Crippen LogP contribution < -0.4 is 9.64 Å². The largest absolute Gasteiger partial charge is 0.489 e. The number of carboxylic acid groups (broad SMARTS) is 1. The predicted octanol–water partition coefficient (Wildman–Crippen LogP) is 8.52. The summed E-state index contributed by atoms with van der Waals surface area (Å²) in [6, 6.07) is 18.1. The molecule has 0 fully saturated rings. The van der Waals surface area contributed by atoms with Crippen LogP contribution in [-0.2, 0) is 6.61 Å². The zero-order valence-corrected chi connectivity index (χ0v) is 22.6. The maximum Gasteiger partial charge on any atom is 0.335 e. The highest BCUT2D eigenvalue weighted by Crippen LogP contribution is 2.39. The first-order valence-corrected chi connectivity index (χ1v) is 12.7. The van der Waals surface area contributed by atoms with Gasteiger partial charge in [-0.3, -0.25) is 0 Å². The maximum atomic E-state index is 11.4. The molecular formula is C29H28Cl2N2O4. The van der Waals surface area contributed by atoms with Crippen molar-refractivity contribution in [3.8, 4) is 17.0 Å². The van der Waals surface area contributed by atoms with Crippen molar-refractivity contribution >= 4 is 40.5 Å². The maximum absolute atomic E-state index is 11.4. The standard InChI is InChI=1S/C29H28Cl2N2O4/c1-5-33(20-9-6-8-19(15-20)29(34)35)25-13-12-21(14-18(25)4)36-16-22-27(32-37-28(22)17(2)3)26-23(30)10-7-11-24(26)31/h6-15,17H,5,16H2,1-4H3,(H,34,35). The van der Waals surface area contributed by atoms with E-state index in [2.05, 4.69) is 10.1 Å². The second-order valence-corrected chi connectivity index (χ2v) is 9.78. The monoisotopic (exact) mass is 538 g/mol. The van der Waals surface area contributed by atoms with E-state index in [1.54, 1.807) is 36.4 Å². The van der Waals surface area contributed by atoms with Gasteiger partial charge in [-0.15, -0.1) is 0 Å². The normalized spacial score (nSPS) is 11.1. The van der Waals surface area contributed by atoms with E-state index in [-0.39, 0.29) is 18.1 Å². The van der Waals surface area contributed by atoms with Gasteiger partial charge in [0.15, 0.2) is 0 Å². The fourth-order valence-corrected chi connectivity index (χ4v) is 4.89. The molecule has 0 saturated heterocycles. The smallest absolute Gasteiger partial charge is 0.335 e. The van der Waals surface area contributed by atoms with Gasteiger partial charge in [-0.25, -0.2) is 4.79 Å².